The molecule has 1 heterocycles. The van der Waals surface area contributed by atoms with E-state index in [1.807, 2.05) is 32.0 Å². The highest BCUT2D eigenvalue weighted by Gasteiger charge is 2.38. The molecule has 1 amide bonds. The summed E-state index contributed by atoms with van der Waals surface area (Å²) < 4.78 is 0.792. The van der Waals surface area contributed by atoms with Gasteiger partial charge in [-0.1, -0.05) is 48.5 Å². The number of benzene rings is 2. The molecule has 2 aromatic rings. The molecule has 2 unspecified atom stereocenters. The Kier molecular flexibility index (Phi) is 5.24. The summed E-state index contributed by atoms with van der Waals surface area (Å²) in [6.45, 7) is 5.67. The minimum Gasteiger partial charge on any atom is -0.321 e. The highest BCUT2D eigenvalue weighted by Crippen LogP contribution is 2.36. The molecular formula is C22H29N2O+. The number of nitrogens with zero attached hydrogens (tertiary/aromatic N) is 1. The van der Waals surface area contributed by atoms with Crippen LogP contribution in [0.25, 0.3) is 0 Å². The molecule has 0 bridgehead atoms. The van der Waals surface area contributed by atoms with Crippen molar-refractivity contribution in [3.8, 4) is 0 Å². The largest absolute Gasteiger partial charge is 0.321 e. The molecule has 1 saturated heterocycles. The highest BCUT2D eigenvalue weighted by molar-refractivity contribution is 5.93. The van der Waals surface area contributed by atoms with E-state index in [1.54, 1.807) is 0 Å². The van der Waals surface area contributed by atoms with Crippen LogP contribution in [0, 0.1) is 13.8 Å². The summed E-state index contributed by atoms with van der Waals surface area (Å²) in [4.78, 5) is 12.8. The Hall–Kier alpha value is -2.13. The molecule has 0 spiro atoms. The van der Waals surface area contributed by atoms with Gasteiger partial charge in [-0.25, -0.2) is 0 Å². The monoisotopic (exact) mass is 337 g/mol. The van der Waals surface area contributed by atoms with E-state index in [0.717, 1.165) is 34.3 Å². The van der Waals surface area contributed by atoms with Gasteiger partial charge in [0.25, 0.3) is 5.91 Å². The van der Waals surface area contributed by atoms with E-state index in [4.69, 9.17) is 0 Å². The van der Waals surface area contributed by atoms with E-state index >= 15 is 0 Å². The van der Waals surface area contributed by atoms with E-state index in [0.29, 0.717) is 12.6 Å². The number of likely N-dealkylation sites (tertiary alicyclic amines) is 1. The van der Waals surface area contributed by atoms with Gasteiger partial charge in [0.1, 0.15) is 6.04 Å². The van der Waals surface area contributed by atoms with Gasteiger partial charge in [0.15, 0.2) is 6.54 Å². The van der Waals surface area contributed by atoms with Crippen LogP contribution >= 0.6 is 0 Å². The molecule has 0 aromatic heterocycles. The van der Waals surface area contributed by atoms with Gasteiger partial charge in [-0.05, 0) is 37.8 Å². The van der Waals surface area contributed by atoms with Gasteiger partial charge >= 0.3 is 0 Å². The summed E-state index contributed by atoms with van der Waals surface area (Å²) >= 11 is 0. The van der Waals surface area contributed by atoms with Crippen molar-refractivity contribution in [1.29, 1.82) is 0 Å². The van der Waals surface area contributed by atoms with Crippen LogP contribution in [-0.2, 0) is 4.79 Å². The molecule has 3 rings (SSSR count). The number of carbonyl (C=O) groups is 1. The molecule has 0 aliphatic carbocycles. The summed E-state index contributed by atoms with van der Waals surface area (Å²) in [6, 6.07) is 17.2. The van der Waals surface area contributed by atoms with Crippen LogP contribution in [0.3, 0.4) is 0 Å². The molecule has 2 aromatic carbocycles. The maximum atomic E-state index is 12.8. The Bertz CT molecular complexity index is 721. The van der Waals surface area contributed by atoms with Crippen molar-refractivity contribution in [1.82, 2.24) is 0 Å². The lowest BCUT2D eigenvalue weighted by Crippen LogP contribution is -2.53. The van der Waals surface area contributed by atoms with Crippen LogP contribution < -0.4 is 5.32 Å². The van der Waals surface area contributed by atoms with Gasteiger partial charge in [-0.15, -0.1) is 0 Å². The number of hydrogen-bond acceptors (Lipinski definition) is 1. The minimum absolute atomic E-state index is 0.114. The smallest absolute Gasteiger partial charge is 0.279 e. The molecule has 0 saturated carbocycles. The second-order valence-electron chi connectivity index (χ2n) is 7.60. The lowest BCUT2D eigenvalue weighted by molar-refractivity contribution is -0.937. The van der Waals surface area contributed by atoms with E-state index in [2.05, 4.69) is 42.7 Å². The van der Waals surface area contributed by atoms with Gasteiger partial charge in [0.2, 0.25) is 0 Å². The van der Waals surface area contributed by atoms with Gasteiger partial charge in [-0.2, -0.15) is 0 Å². The number of aryl methyl sites for hydroxylation is 2. The van der Waals surface area contributed by atoms with Crippen LogP contribution in [0.2, 0.25) is 0 Å². The van der Waals surface area contributed by atoms with E-state index in [-0.39, 0.29) is 5.91 Å². The molecule has 3 nitrogen and oxygen atoms in total. The third-order valence-corrected chi connectivity index (χ3v) is 5.58. The van der Waals surface area contributed by atoms with Crippen LogP contribution in [-0.4, -0.2) is 30.5 Å². The van der Waals surface area contributed by atoms with Crippen molar-refractivity contribution in [3.63, 3.8) is 0 Å². The molecule has 132 valence electrons. The standard InChI is InChI=1S/C22H28N2O/c1-17-10-9-11-18(2)22(17)23-21(25)16-24(3)15-8-7-14-20(24)19-12-5-4-6-13-19/h4-6,9-13,20H,7-8,14-16H2,1-3H3/p+1. The molecule has 0 radical (unpaired) electrons. The number of carbonyl (C=O) groups excluding carboxylic acids is 1. The van der Waals surface area contributed by atoms with Gasteiger partial charge in [-0.3, -0.25) is 4.79 Å². The first-order valence-corrected chi connectivity index (χ1v) is 9.25. The zero-order chi connectivity index (χ0) is 17.9. The predicted molar refractivity (Wildman–Crippen MR) is 103 cm³/mol. The number of nitrogens with one attached hydrogen (secondary N) is 1. The number of hydrogen-bond donors (Lipinski definition) is 1. The van der Waals surface area contributed by atoms with Crippen molar-refractivity contribution in [2.24, 2.45) is 0 Å². The molecule has 3 heteroatoms. The summed E-state index contributed by atoms with van der Waals surface area (Å²) in [6.07, 6.45) is 3.58. The first-order chi connectivity index (χ1) is 12.0. The van der Waals surface area contributed by atoms with Crippen LogP contribution in [0.1, 0.15) is 42.0 Å². The maximum absolute atomic E-state index is 12.8. The highest BCUT2D eigenvalue weighted by atomic mass is 16.2. The van der Waals surface area contributed by atoms with Gasteiger partial charge in [0, 0.05) is 17.7 Å². The average Bonchev–Trinajstić information content (AvgIpc) is 2.59. The minimum atomic E-state index is 0.114. The Morgan fingerprint density at radius 2 is 1.72 bits per heavy atom. The molecule has 1 aliphatic rings. The number of piperidine rings is 1. The Labute approximate surface area is 151 Å². The number of quaternary nitrogens is 1. The number of amides is 1. The van der Waals surface area contributed by atoms with Crippen molar-refractivity contribution in [3.05, 3.63) is 65.2 Å². The van der Waals surface area contributed by atoms with Crippen molar-refractivity contribution in [2.75, 3.05) is 25.5 Å². The van der Waals surface area contributed by atoms with Crippen LogP contribution in [0.4, 0.5) is 5.69 Å². The fourth-order valence-electron chi connectivity index (χ4n) is 4.19. The molecule has 25 heavy (non-hydrogen) atoms. The Morgan fingerprint density at radius 3 is 2.40 bits per heavy atom. The SMILES string of the molecule is Cc1cccc(C)c1NC(=O)C[N+]1(C)CCCCC1c1ccccc1. The summed E-state index contributed by atoms with van der Waals surface area (Å²) in [7, 11) is 2.24. The summed E-state index contributed by atoms with van der Waals surface area (Å²) in [5.74, 6) is 0.114. The van der Waals surface area contributed by atoms with E-state index in [1.165, 1.54) is 18.4 Å². The van der Waals surface area contributed by atoms with Gasteiger partial charge < -0.3 is 9.80 Å². The molecule has 1 fully saturated rings. The van der Waals surface area contributed by atoms with E-state index < -0.39 is 0 Å². The summed E-state index contributed by atoms with van der Waals surface area (Å²) in [5.41, 5.74) is 4.56. The zero-order valence-electron chi connectivity index (χ0n) is 15.6. The second-order valence-corrected chi connectivity index (χ2v) is 7.60. The lowest BCUT2D eigenvalue weighted by Gasteiger charge is -2.44. The first kappa shape index (κ1) is 17.7. The lowest BCUT2D eigenvalue weighted by atomic mass is 9.92. The number of rotatable bonds is 4. The molecule has 1 N–H and O–H groups in total. The normalized spacial score (nSPS) is 23.2. The first-order valence-electron chi connectivity index (χ1n) is 9.25. The Morgan fingerprint density at radius 1 is 1.04 bits per heavy atom. The maximum Gasteiger partial charge on any atom is 0.279 e. The number of likely N-dealkylation sites (N-methyl/N-ethyl adjacent to an activating group) is 1. The average molecular weight is 337 g/mol. The predicted octanol–water partition coefficient (Wildman–Crippen LogP) is 4.61. The quantitative estimate of drug-likeness (QED) is 0.811. The van der Waals surface area contributed by atoms with Crippen molar-refractivity contribution < 1.29 is 9.28 Å². The topological polar surface area (TPSA) is 29.1 Å². The van der Waals surface area contributed by atoms with Crippen LogP contribution in [0.5, 0.6) is 0 Å². The molecular weight excluding hydrogens is 308 g/mol. The number of anilines is 1. The number of para-hydroxylation sites is 1. The molecule has 1 aliphatic heterocycles. The fourth-order valence-corrected chi connectivity index (χ4v) is 4.19. The second kappa shape index (κ2) is 7.40. The third-order valence-electron chi connectivity index (χ3n) is 5.58. The van der Waals surface area contributed by atoms with Crippen LogP contribution in [0.15, 0.2) is 48.5 Å². The molecule has 2 atom stereocenters. The Balaban J connectivity index is 1.78. The third kappa shape index (κ3) is 3.93. The van der Waals surface area contributed by atoms with Crippen molar-refractivity contribution in [2.45, 2.75) is 39.2 Å². The fraction of sp³-hybridized carbons (Fsp3) is 0.409. The van der Waals surface area contributed by atoms with Crippen molar-refractivity contribution >= 4 is 11.6 Å². The van der Waals surface area contributed by atoms with Gasteiger partial charge in [0.05, 0.1) is 13.6 Å². The van der Waals surface area contributed by atoms with E-state index in [9.17, 15) is 4.79 Å². The summed E-state index contributed by atoms with van der Waals surface area (Å²) in [5, 5.41) is 3.17. The zero-order valence-corrected chi connectivity index (χ0v) is 15.6.